The predicted octanol–water partition coefficient (Wildman–Crippen LogP) is -3.15. The van der Waals surface area contributed by atoms with E-state index >= 15 is 0 Å². The first kappa shape index (κ1) is 10.3. The molecule has 0 atom stereocenters. The summed E-state index contributed by atoms with van der Waals surface area (Å²) in [6, 6.07) is 0. The van der Waals surface area contributed by atoms with Gasteiger partial charge in [0, 0.05) is 0 Å². The molecule has 1 rings (SSSR count). The number of carboxylic acid groups (broad SMARTS) is 1. The van der Waals surface area contributed by atoms with Gasteiger partial charge in [0.1, 0.15) is 0 Å². The average molecular weight is 262 g/mol. The quantitative estimate of drug-likeness (QED) is 0.370. The summed E-state index contributed by atoms with van der Waals surface area (Å²) in [4.78, 5) is 10.0. The summed E-state index contributed by atoms with van der Waals surface area (Å²) in [5, 5.41) is 10.0. The number of hydrogen-bond acceptors (Lipinski definition) is 2. The van der Waals surface area contributed by atoms with Crippen LogP contribution in [0.3, 0.4) is 0 Å². The van der Waals surface area contributed by atoms with Crippen molar-refractivity contribution in [3.63, 3.8) is 0 Å². The van der Waals surface area contributed by atoms with Crippen LogP contribution < -0.4 is 56.5 Å². The Kier molecular flexibility index (Phi) is 5.77. The molecule has 1 heterocycles. The Balaban J connectivity index is 0.000000640. The minimum Gasteiger partial charge on any atom is 1.00 e. The molecule has 0 aromatic carbocycles. The first-order valence-electron chi connectivity index (χ1n) is 2.05. The number of carbonyl (C=O) groups is 1. The molecule has 9 heavy (non-hydrogen) atoms. The first-order valence-corrected chi connectivity index (χ1v) is 4.56. The molecule has 0 radical (unpaired) electrons. The van der Waals surface area contributed by atoms with Gasteiger partial charge in [-0.2, -0.15) is 0 Å². The van der Waals surface area contributed by atoms with Crippen LogP contribution in [0.1, 0.15) is 0 Å². The third-order valence-corrected chi connectivity index (χ3v) is 3.15. The van der Waals surface area contributed by atoms with Gasteiger partial charge in [-0.25, -0.2) is 0 Å². The van der Waals surface area contributed by atoms with Crippen LogP contribution in [-0.2, 0) is 4.79 Å². The second-order valence-corrected chi connectivity index (χ2v) is 3.97. The number of carbonyl (C=O) groups excluding carboxylic acids is 1. The van der Waals surface area contributed by atoms with Crippen molar-refractivity contribution in [2.24, 2.45) is 0 Å². The Morgan fingerprint density at radius 2 is 2.33 bits per heavy atom. The Bertz CT molecular complexity index is 174. The van der Waals surface area contributed by atoms with E-state index in [9.17, 15) is 9.90 Å². The minimum absolute atomic E-state index is 0. The second kappa shape index (κ2) is 5.03. The molecule has 0 aromatic heterocycles. The molecule has 1 aliphatic heterocycles. The molecule has 4 heteroatoms. The van der Waals surface area contributed by atoms with Crippen molar-refractivity contribution in [1.82, 2.24) is 0 Å². The van der Waals surface area contributed by atoms with Crippen LogP contribution in [0.4, 0.5) is 0 Å². The standard InChI is InChI=1S/C5H5IO2.K/c7-5(8)4-2-1-3-6-4;/h1-3,6H,(H,7,8);/q;+1/p-1. The normalized spacial score (nSPS) is 15.3. The van der Waals surface area contributed by atoms with Gasteiger partial charge in [-0.15, -0.1) is 0 Å². The van der Waals surface area contributed by atoms with Crippen molar-refractivity contribution >= 4 is 27.2 Å². The van der Waals surface area contributed by atoms with E-state index in [1.54, 1.807) is 12.2 Å². The van der Waals surface area contributed by atoms with Crippen molar-refractivity contribution in [2.45, 2.75) is 0 Å². The summed E-state index contributed by atoms with van der Waals surface area (Å²) in [6.45, 7) is 0. The Morgan fingerprint density at radius 3 is 2.56 bits per heavy atom. The molecule has 0 fully saturated rings. The largest absolute Gasteiger partial charge is 1.00 e. The molecular formula is C5H4IKO2. The first-order chi connectivity index (χ1) is 3.80. The zero-order chi connectivity index (χ0) is 5.98. The molecule has 0 amide bonds. The molecule has 0 aromatic rings. The fourth-order valence-corrected chi connectivity index (χ4v) is 1.98. The smallest absolute Gasteiger partial charge is 1.00 e. The average Bonchev–Trinajstić information content (AvgIpc) is 2.12. The summed E-state index contributed by atoms with van der Waals surface area (Å²) in [5.41, 5.74) is 0. The Morgan fingerprint density at radius 1 is 1.67 bits per heavy atom. The van der Waals surface area contributed by atoms with Gasteiger partial charge in [0.2, 0.25) is 0 Å². The van der Waals surface area contributed by atoms with Crippen molar-refractivity contribution in [1.29, 1.82) is 0 Å². The monoisotopic (exact) mass is 262 g/mol. The SMILES string of the molecule is O=C([O-])C1=CC=C[IH]1.[K+]. The number of rotatable bonds is 1. The Labute approximate surface area is 106 Å². The molecule has 0 spiro atoms. The molecule has 0 bridgehead atoms. The van der Waals surface area contributed by atoms with Crippen LogP contribution in [0.25, 0.3) is 0 Å². The molecule has 2 nitrogen and oxygen atoms in total. The van der Waals surface area contributed by atoms with Crippen LogP contribution in [0, 0.1) is 0 Å². The maximum atomic E-state index is 10.0. The van der Waals surface area contributed by atoms with Crippen molar-refractivity contribution < 1.29 is 61.3 Å². The van der Waals surface area contributed by atoms with E-state index in [1.165, 1.54) is 0 Å². The van der Waals surface area contributed by atoms with Gasteiger partial charge in [0.25, 0.3) is 0 Å². The van der Waals surface area contributed by atoms with Crippen LogP contribution in [0.5, 0.6) is 0 Å². The predicted molar refractivity (Wildman–Crippen MR) is 37.6 cm³/mol. The van der Waals surface area contributed by atoms with E-state index < -0.39 is 27.2 Å². The topological polar surface area (TPSA) is 40.1 Å². The Hall–Kier alpha value is 1.32. The van der Waals surface area contributed by atoms with E-state index in [2.05, 4.69) is 0 Å². The maximum Gasteiger partial charge on any atom is 1.00 e. The number of aliphatic carboxylic acids is 1. The van der Waals surface area contributed by atoms with E-state index in [0.717, 1.165) is 0 Å². The summed E-state index contributed by atoms with van der Waals surface area (Å²) >= 11 is -0.502. The van der Waals surface area contributed by atoms with Gasteiger partial charge in [-0.3, -0.25) is 0 Å². The van der Waals surface area contributed by atoms with Gasteiger partial charge in [-0.1, -0.05) is 0 Å². The van der Waals surface area contributed by atoms with E-state index in [4.69, 9.17) is 0 Å². The number of allylic oxidation sites excluding steroid dienone is 2. The van der Waals surface area contributed by atoms with Crippen LogP contribution in [0.2, 0.25) is 0 Å². The second-order valence-electron chi connectivity index (χ2n) is 1.26. The summed E-state index contributed by atoms with van der Waals surface area (Å²) in [6.07, 6.45) is 3.38. The van der Waals surface area contributed by atoms with Crippen molar-refractivity contribution in [3.8, 4) is 0 Å². The maximum absolute atomic E-state index is 10.0. The van der Waals surface area contributed by atoms with Gasteiger partial charge >= 0.3 is 108 Å². The zero-order valence-electron chi connectivity index (χ0n) is 4.96. The van der Waals surface area contributed by atoms with E-state index in [-0.39, 0.29) is 51.4 Å². The molecule has 0 aliphatic carbocycles. The van der Waals surface area contributed by atoms with Gasteiger partial charge in [0.05, 0.1) is 0 Å². The number of halogens is 1. The van der Waals surface area contributed by atoms with Crippen molar-refractivity contribution in [3.05, 3.63) is 19.8 Å². The fourth-order valence-electron chi connectivity index (χ4n) is 0.395. The molecule has 0 N–H and O–H groups in total. The third kappa shape index (κ3) is 3.29. The summed E-state index contributed by atoms with van der Waals surface area (Å²) in [7, 11) is 0. The molecule has 0 unspecified atom stereocenters. The van der Waals surface area contributed by atoms with Crippen LogP contribution in [0.15, 0.2) is 19.8 Å². The minimum atomic E-state index is -1.00. The van der Waals surface area contributed by atoms with E-state index in [0.29, 0.717) is 3.58 Å². The van der Waals surface area contributed by atoms with Crippen LogP contribution >= 0.6 is 21.2 Å². The molecule has 44 valence electrons. The molecule has 0 saturated heterocycles. The van der Waals surface area contributed by atoms with Gasteiger partial charge < -0.3 is 0 Å². The van der Waals surface area contributed by atoms with Gasteiger partial charge in [-0.05, 0) is 0 Å². The number of carboxylic acids is 1. The van der Waals surface area contributed by atoms with E-state index in [1.807, 2.05) is 4.08 Å². The van der Waals surface area contributed by atoms with Gasteiger partial charge in [0.15, 0.2) is 0 Å². The van der Waals surface area contributed by atoms with Crippen LogP contribution in [-0.4, -0.2) is 5.97 Å². The number of hydrogen-bond donors (Lipinski definition) is 0. The molecular weight excluding hydrogens is 258 g/mol. The summed E-state index contributed by atoms with van der Waals surface area (Å²) < 4.78 is 2.41. The summed E-state index contributed by atoms with van der Waals surface area (Å²) in [5.74, 6) is -1.00. The molecule has 1 aliphatic rings. The zero-order valence-corrected chi connectivity index (χ0v) is 10.4. The van der Waals surface area contributed by atoms with Crippen molar-refractivity contribution in [2.75, 3.05) is 0 Å². The molecule has 0 saturated carbocycles. The fraction of sp³-hybridized carbons (Fsp3) is 0. The third-order valence-electron chi connectivity index (χ3n) is 0.722.